The number of amides is 1. The second kappa shape index (κ2) is 11.0. The highest BCUT2D eigenvalue weighted by Gasteiger charge is 2.29. The minimum atomic E-state index is -0.114. The number of anilines is 1. The molecule has 1 saturated heterocycles. The summed E-state index contributed by atoms with van der Waals surface area (Å²) in [6.45, 7) is 10.4. The van der Waals surface area contributed by atoms with E-state index in [2.05, 4.69) is 47.1 Å². The van der Waals surface area contributed by atoms with E-state index in [1.807, 2.05) is 35.8 Å². The number of fused-ring (bicyclic) bond motifs is 1. The maximum atomic E-state index is 13.3. The number of carbonyl (C=O) groups excluding carboxylic acids is 1. The van der Waals surface area contributed by atoms with Gasteiger partial charge in [0.15, 0.2) is 5.65 Å². The zero-order valence-electron chi connectivity index (χ0n) is 21.7. The summed E-state index contributed by atoms with van der Waals surface area (Å²) in [6.07, 6.45) is 3.85. The number of hydrogen-bond donors (Lipinski definition) is 1. The van der Waals surface area contributed by atoms with Crippen molar-refractivity contribution >= 4 is 28.7 Å². The number of pyridine rings is 1. The summed E-state index contributed by atoms with van der Waals surface area (Å²) >= 11 is 1.64. The summed E-state index contributed by atoms with van der Waals surface area (Å²) in [5.41, 5.74) is 3.62. The topological polar surface area (TPSA) is 87.9 Å². The number of nitrogens with zero attached hydrogens (tertiary/aromatic N) is 6. The van der Waals surface area contributed by atoms with Crippen molar-refractivity contribution < 1.29 is 9.53 Å². The van der Waals surface area contributed by atoms with Crippen molar-refractivity contribution in [1.29, 1.82) is 0 Å². The zero-order valence-corrected chi connectivity index (χ0v) is 22.5. The van der Waals surface area contributed by atoms with Crippen molar-refractivity contribution in [3.05, 3.63) is 53.7 Å². The van der Waals surface area contributed by atoms with Crippen LogP contribution in [0.4, 0.5) is 5.82 Å². The van der Waals surface area contributed by atoms with E-state index in [1.54, 1.807) is 29.2 Å². The van der Waals surface area contributed by atoms with Crippen LogP contribution in [0.25, 0.3) is 27.5 Å². The molecule has 1 unspecified atom stereocenters. The van der Waals surface area contributed by atoms with Gasteiger partial charge in [-0.15, -0.1) is 11.3 Å². The predicted molar refractivity (Wildman–Crippen MR) is 147 cm³/mol. The van der Waals surface area contributed by atoms with Crippen LogP contribution in [0.2, 0.25) is 0 Å². The SMILES string of the molecule is CCN(CC)C(C)CNC(=O)c1cc(-c2cnn3ccc(-c4cccs4)nc23)nc(N2CC(OC)C2)c1. The van der Waals surface area contributed by atoms with Gasteiger partial charge in [0, 0.05) is 44.5 Å². The van der Waals surface area contributed by atoms with Crippen molar-refractivity contribution in [3.63, 3.8) is 0 Å². The summed E-state index contributed by atoms with van der Waals surface area (Å²) in [5, 5.41) is 9.66. The van der Waals surface area contributed by atoms with Crippen LogP contribution < -0.4 is 10.2 Å². The Balaban J connectivity index is 1.49. The third-order valence-corrected chi connectivity index (χ3v) is 7.88. The molecule has 1 atom stereocenters. The van der Waals surface area contributed by atoms with Crippen molar-refractivity contribution in [1.82, 2.24) is 29.8 Å². The van der Waals surface area contributed by atoms with Crippen LogP contribution in [0.1, 0.15) is 31.1 Å². The second-order valence-corrected chi connectivity index (χ2v) is 10.2. The van der Waals surface area contributed by atoms with E-state index >= 15 is 0 Å². The summed E-state index contributed by atoms with van der Waals surface area (Å²) in [5.74, 6) is 0.637. The molecule has 194 valence electrons. The summed E-state index contributed by atoms with van der Waals surface area (Å²) < 4.78 is 7.20. The Morgan fingerprint density at radius 1 is 1.22 bits per heavy atom. The molecule has 9 nitrogen and oxygen atoms in total. The zero-order chi connectivity index (χ0) is 25.9. The van der Waals surface area contributed by atoms with Gasteiger partial charge < -0.3 is 15.0 Å². The number of thiophene rings is 1. The van der Waals surface area contributed by atoms with Crippen LogP contribution in [0.15, 0.2) is 48.1 Å². The number of likely N-dealkylation sites (N-methyl/N-ethyl adjacent to an activating group) is 1. The van der Waals surface area contributed by atoms with Crippen molar-refractivity contribution in [2.75, 3.05) is 44.7 Å². The number of methoxy groups -OCH3 is 1. The Morgan fingerprint density at radius 3 is 2.73 bits per heavy atom. The largest absolute Gasteiger partial charge is 0.378 e. The molecule has 0 radical (unpaired) electrons. The van der Waals surface area contributed by atoms with E-state index in [0.29, 0.717) is 23.4 Å². The molecule has 5 heterocycles. The monoisotopic (exact) mass is 519 g/mol. The molecule has 0 saturated carbocycles. The average Bonchev–Trinajstić information content (AvgIpc) is 3.57. The van der Waals surface area contributed by atoms with Gasteiger partial charge >= 0.3 is 0 Å². The molecule has 1 N–H and O–H groups in total. The number of ether oxygens (including phenoxy) is 1. The number of aromatic nitrogens is 4. The van der Waals surface area contributed by atoms with Gasteiger partial charge in [-0.05, 0) is 49.7 Å². The van der Waals surface area contributed by atoms with Crippen LogP contribution in [-0.4, -0.2) is 82.4 Å². The van der Waals surface area contributed by atoms with E-state index in [-0.39, 0.29) is 18.1 Å². The standard InChI is InChI=1S/C27H33N7O2S/c1-5-32(6-2)18(3)14-28-27(35)19-12-23(30-25(13-19)33-16-20(17-33)36-4)21-15-29-34-10-9-22(31-26(21)34)24-8-7-11-37-24/h7-13,15,18,20H,5-6,14,16-17H2,1-4H3,(H,28,35). The van der Waals surface area contributed by atoms with Crippen LogP contribution >= 0.6 is 11.3 Å². The van der Waals surface area contributed by atoms with Crippen molar-refractivity contribution in [3.8, 4) is 21.8 Å². The highest BCUT2D eigenvalue weighted by molar-refractivity contribution is 7.13. The van der Waals surface area contributed by atoms with Gasteiger partial charge in [0.1, 0.15) is 5.82 Å². The Bertz CT molecular complexity index is 1360. The van der Waals surface area contributed by atoms with Crippen LogP contribution in [0, 0.1) is 0 Å². The summed E-state index contributed by atoms with van der Waals surface area (Å²) in [6, 6.07) is 9.97. The number of carbonyl (C=O) groups is 1. The molecule has 10 heteroatoms. The molecule has 0 spiro atoms. The smallest absolute Gasteiger partial charge is 0.251 e. The predicted octanol–water partition coefficient (Wildman–Crippen LogP) is 3.81. The van der Waals surface area contributed by atoms with Gasteiger partial charge in [-0.1, -0.05) is 19.9 Å². The molecule has 37 heavy (non-hydrogen) atoms. The van der Waals surface area contributed by atoms with Crippen molar-refractivity contribution in [2.45, 2.75) is 32.9 Å². The van der Waals surface area contributed by atoms with Gasteiger partial charge in [0.05, 0.1) is 34.1 Å². The first-order valence-electron chi connectivity index (χ1n) is 12.7. The quantitative estimate of drug-likeness (QED) is 0.341. The minimum Gasteiger partial charge on any atom is -0.378 e. The third kappa shape index (κ3) is 5.22. The lowest BCUT2D eigenvalue weighted by atomic mass is 10.1. The van der Waals surface area contributed by atoms with Crippen LogP contribution in [-0.2, 0) is 4.74 Å². The van der Waals surface area contributed by atoms with Crippen molar-refractivity contribution in [2.24, 2.45) is 0 Å². The first-order chi connectivity index (χ1) is 18.0. The average molecular weight is 520 g/mol. The molecule has 1 aliphatic rings. The third-order valence-electron chi connectivity index (χ3n) is 6.99. The second-order valence-electron chi connectivity index (χ2n) is 9.26. The molecule has 1 aliphatic heterocycles. The Morgan fingerprint density at radius 2 is 2.03 bits per heavy atom. The molecule has 1 fully saturated rings. The Labute approximate surface area is 221 Å². The summed E-state index contributed by atoms with van der Waals surface area (Å²) in [4.78, 5) is 28.7. The minimum absolute atomic E-state index is 0.114. The van der Waals surface area contributed by atoms with Gasteiger partial charge in [0.25, 0.3) is 5.91 Å². The highest BCUT2D eigenvalue weighted by Crippen LogP contribution is 2.30. The first kappa shape index (κ1) is 25.3. The molecule has 5 rings (SSSR count). The maximum Gasteiger partial charge on any atom is 0.251 e. The fourth-order valence-electron chi connectivity index (χ4n) is 4.65. The molecule has 0 aliphatic carbocycles. The fraction of sp³-hybridized carbons (Fsp3) is 0.407. The first-order valence-corrected chi connectivity index (χ1v) is 13.6. The number of nitrogens with one attached hydrogen (secondary N) is 1. The lowest BCUT2D eigenvalue weighted by Crippen LogP contribution is -2.52. The van der Waals surface area contributed by atoms with E-state index < -0.39 is 0 Å². The molecule has 4 aromatic heterocycles. The lowest BCUT2D eigenvalue weighted by molar-refractivity contribution is 0.0783. The number of hydrogen-bond acceptors (Lipinski definition) is 8. The van der Waals surface area contributed by atoms with Gasteiger partial charge in [0.2, 0.25) is 0 Å². The normalized spacial score (nSPS) is 14.8. The van der Waals surface area contributed by atoms with E-state index in [4.69, 9.17) is 14.7 Å². The van der Waals surface area contributed by atoms with Gasteiger partial charge in [-0.3, -0.25) is 9.69 Å². The lowest BCUT2D eigenvalue weighted by Gasteiger charge is -2.39. The maximum absolute atomic E-state index is 13.3. The van der Waals surface area contributed by atoms with E-state index in [1.165, 1.54) is 0 Å². The van der Waals surface area contributed by atoms with E-state index in [9.17, 15) is 4.79 Å². The molecular weight excluding hydrogens is 486 g/mol. The molecule has 0 aromatic carbocycles. The van der Waals surface area contributed by atoms with Crippen LogP contribution in [0.5, 0.6) is 0 Å². The summed E-state index contributed by atoms with van der Waals surface area (Å²) in [7, 11) is 1.72. The Kier molecular flexibility index (Phi) is 7.50. The molecule has 0 bridgehead atoms. The number of rotatable bonds is 10. The fourth-order valence-corrected chi connectivity index (χ4v) is 5.35. The molecule has 1 amide bonds. The van der Waals surface area contributed by atoms with Gasteiger partial charge in [-0.25, -0.2) is 14.5 Å². The van der Waals surface area contributed by atoms with Gasteiger partial charge in [-0.2, -0.15) is 5.10 Å². The Hall–Kier alpha value is -3.34. The highest BCUT2D eigenvalue weighted by atomic mass is 32.1. The molecule has 4 aromatic rings. The van der Waals surface area contributed by atoms with E-state index in [0.717, 1.165) is 48.1 Å². The molecular formula is C27H33N7O2S. The van der Waals surface area contributed by atoms with Crippen LogP contribution in [0.3, 0.4) is 0 Å².